The lowest BCUT2D eigenvalue weighted by atomic mass is 10.0. The van der Waals surface area contributed by atoms with E-state index < -0.39 is 11.9 Å². The summed E-state index contributed by atoms with van der Waals surface area (Å²) in [6, 6.07) is 20.1. The molecule has 5 rings (SSSR count). The van der Waals surface area contributed by atoms with Gasteiger partial charge in [0.05, 0.1) is 7.11 Å². The van der Waals surface area contributed by atoms with E-state index in [1.54, 1.807) is 43.5 Å². The summed E-state index contributed by atoms with van der Waals surface area (Å²) in [5, 5.41) is 10.6. The van der Waals surface area contributed by atoms with Crippen molar-refractivity contribution < 1.29 is 13.9 Å². The van der Waals surface area contributed by atoms with Gasteiger partial charge in [0.25, 0.3) is 11.9 Å². The third-order valence-electron chi connectivity index (χ3n) is 5.42. The Morgan fingerprint density at radius 1 is 1.09 bits per heavy atom. The molecule has 3 aromatic carbocycles. The molecule has 1 aromatic heterocycles. The molecular formula is C25H19ClFN5O2. The van der Waals surface area contributed by atoms with Gasteiger partial charge in [-0.1, -0.05) is 48.0 Å². The number of fused-ring (bicyclic) bond motifs is 1. The Morgan fingerprint density at radius 3 is 2.56 bits per heavy atom. The van der Waals surface area contributed by atoms with E-state index >= 15 is 0 Å². The third kappa shape index (κ3) is 4.11. The Hall–Kier alpha value is -4.17. The van der Waals surface area contributed by atoms with Gasteiger partial charge in [0.2, 0.25) is 5.95 Å². The predicted molar refractivity (Wildman–Crippen MR) is 129 cm³/mol. The lowest BCUT2D eigenvalue weighted by Crippen LogP contribution is -2.21. The summed E-state index contributed by atoms with van der Waals surface area (Å²) in [5.74, 6) is 0.204. The van der Waals surface area contributed by atoms with Gasteiger partial charge >= 0.3 is 0 Å². The van der Waals surface area contributed by atoms with Crippen molar-refractivity contribution in [2.24, 2.45) is 0 Å². The molecule has 0 bridgehead atoms. The second-order valence-corrected chi connectivity index (χ2v) is 7.94. The molecule has 0 saturated carbocycles. The molecule has 0 saturated heterocycles. The maximum absolute atomic E-state index is 14.9. The summed E-state index contributed by atoms with van der Waals surface area (Å²) in [4.78, 5) is 17.2. The number of anilines is 2. The number of carbonyl (C=O) groups excluding carboxylic acids is 1. The van der Waals surface area contributed by atoms with Crippen LogP contribution < -0.4 is 15.4 Å². The van der Waals surface area contributed by atoms with E-state index in [-0.39, 0.29) is 22.4 Å². The van der Waals surface area contributed by atoms with Crippen LogP contribution >= 0.6 is 11.6 Å². The van der Waals surface area contributed by atoms with Crippen molar-refractivity contribution in [3.8, 4) is 5.75 Å². The van der Waals surface area contributed by atoms with E-state index in [9.17, 15) is 9.18 Å². The molecule has 2 N–H and O–H groups in total. The molecule has 0 spiro atoms. The van der Waals surface area contributed by atoms with Crippen LogP contribution in [0.3, 0.4) is 0 Å². The number of rotatable bonds is 5. The number of halogens is 2. The molecule has 1 atom stereocenters. The number of hydrogen-bond donors (Lipinski definition) is 2. The molecule has 34 heavy (non-hydrogen) atoms. The molecular weight excluding hydrogens is 457 g/mol. The summed E-state index contributed by atoms with van der Waals surface area (Å²) in [6.07, 6.45) is 1.83. The van der Waals surface area contributed by atoms with Crippen molar-refractivity contribution in [2.45, 2.75) is 6.04 Å². The number of carbonyl (C=O) groups is 1. The fourth-order valence-corrected chi connectivity index (χ4v) is 4.02. The topological polar surface area (TPSA) is 81.1 Å². The van der Waals surface area contributed by atoms with Gasteiger partial charge in [-0.3, -0.25) is 10.1 Å². The Balaban J connectivity index is 1.52. The minimum absolute atomic E-state index is 0.0727. The molecule has 0 fully saturated rings. The number of amides is 1. The monoisotopic (exact) mass is 475 g/mol. The smallest absolute Gasteiger partial charge is 0.258 e. The van der Waals surface area contributed by atoms with E-state index in [0.29, 0.717) is 17.3 Å². The quantitative estimate of drug-likeness (QED) is 0.404. The van der Waals surface area contributed by atoms with Gasteiger partial charge in [0.15, 0.2) is 0 Å². The summed E-state index contributed by atoms with van der Waals surface area (Å²) in [5.41, 5.74) is 2.28. The average molecular weight is 476 g/mol. The Morgan fingerprint density at radius 2 is 1.85 bits per heavy atom. The van der Waals surface area contributed by atoms with Crippen LogP contribution in [0.15, 0.2) is 78.9 Å². The molecule has 1 amide bonds. The maximum Gasteiger partial charge on any atom is 0.258 e. The minimum Gasteiger partial charge on any atom is -0.497 e. The zero-order valence-electron chi connectivity index (χ0n) is 18.0. The van der Waals surface area contributed by atoms with Crippen LogP contribution in [0.1, 0.15) is 27.5 Å². The normalized spacial score (nSPS) is 14.6. The summed E-state index contributed by atoms with van der Waals surface area (Å²) >= 11 is 6.39. The fraction of sp³-hybridized carbons (Fsp3) is 0.0800. The standard InChI is InChI=1S/C25H19ClFN5O2/c1-34-17-12-10-16(11-13-17)23(33)29-24-30-25-28-20(15-6-3-2-4-7-15)14-21(32(25)31-24)22-18(26)8-5-9-19(22)27/h2-14,21H,1H3,(H2,28,29,30,31,33)/t21-/m1/s1. The van der Waals surface area contributed by atoms with E-state index in [1.165, 1.54) is 10.7 Å². The highest BCUT2D eigenvalue weighted by Crippen LogP contribution is 2.37. The van der Waals surface area contributed by atoms with E-state index in [1.807, 2.05) is 36.4 Å². The second-order valence-electron chi connectivity index (χ2n) is 7.54. The first-order valence-electron chi connectivity index (χ1n) is 10.4. The van der Waals surface area contributed by atoms with E-state index in [0.717, 1.165) is 11.3 Å². The number of nitrogens with one attached hydrogen (secondary N) is 2. The van der Waals surface area contributed by atoms with E-state index in [4.69, 9.17) is 16.3 Å². The van der Waals surface area contributed by atoms with Crippen molar-refractivity contribution in [1.29, 1.82) is 0 Å². The number of hydrogen-bond acceptors (Lipinski definition) is 5. The molecule has 2 heterocycles. The fourth-order valence-electron chi connectivity index (χ4n) is 3.75. The van der Waals surface area contributed by atoms with Gasteiger partial charge in [0.1, 0.15) is 17.6 Å². The Labute approximate surface area is 199 Å². The maximum atomic E-state index is 14.9. The number of allylic oxidation sites excluding steroid dienone is 1. The Kier molecular flexibility index (Phi) is 5.73. The lowest BCUT2D eigenvalue weighted by molar-refractivity contribution is 0.102. The molecule has 170 valence electrons. The first kappa shape index (κ1) is 21.7. The zero-order chi connectivity index (χ0) is 23.7. The van der Waals surface area contributed by atoms with Gasteiger partial charge in [-0.15, -0.1) is 5.10 Å². The Bertz CT molecular complexity index is 1370. The van der Waals surface area contributed by atoms with Crippen LogP contribution in [-0.2, 0) is 0 Å². The molecule has 1 aliphatic heterocycles. The highest BCUT2D eigenvalue weighted by Gasteiger charge is 2.29. The molecule has 7 nitrogen and oxygen atoms in total. The van der Waals surface area contributed by atoms with Gasteiger partial charge in [0, 0.05) is 21.8 Å². The molecule has 1 aliphatic rings. The molecule has 9 heteroatoms. The van der Waals surface area contributed by atoms with Gasteiger partial charge < -0.3 is 10.1 Å². The van der Waals surface area contributed by atoms with E-state index in [2.05, 4.69) is 20.7 Å². The SMILES string of the molecule is COc1ccc(C(=O)Nc2nc3n(n2)[C@@H](c2c(F)cccc2Cl)C=C(c2ccccc2)N3)cc1. The van der Waals surface area contributed by atoms with Crippen LogP contribution in [0.5, 0.6) is 5.75 Å². The first-order valence-corrected chi connectivity index (χ1v) is 10.8. The number of nitrogens with zero attached hydrogens (tertiary/aromatic N) is 3. The van der Waals surface area contributed by atoms with Crippen LogP contribution in [0.25, 0.3) is 5.70 Å². The minimum atomic E-state index is -0.681. The number of aromatic nitrogens is 3. The molecule has 0 radical (unpaired) electrons. The molecule has 0 aliphatic carbocycles. The van der Waals surface area contributed by atoms with Crippen molar-refractivity contribution in [2.75, 3.05) is 17.7 Å². The second kappa shape index (κ2) is 8.99. The number of methoxy groups -OCH3 is 1. The van der Waals surface area contributed by atoms with Crippen LogP contribution in [-0.4, -0.2) is 27.8 Å². The van der Waals surface area contributed by atoms with Gasteiger partial charge in [-0.2, -0.15) is 4.98 Å². The summed E-state index contributed by atoms with van der Waals surface area (Å²) in [7, 11) is 1.55. The van der Waals surface area contributed by atoms with Gasteiger partial charge in [-0.25, -0.2) is 9.07 Å². The largest absolute Gasteiger partial charge is 0.497 e. The third-order valence-corrected chi connectivity index (χ3v) is 5.75. The highest BCUT2D eigenvalue weighted by atomic mass is 35.5. The van der Waals surface area contributed by atoms with Crippen molar-refractivity contribution >= 4 is 35.1 Å². The molecule has 0 unspecified atom stereocenters. The van der Waals surface area contributed by atoms with Crippen molar-refractivity contribution in [1.82, 2.24) is 14.8 Å². The number of benzene rings is 3. The van der Waals surface area contributed by atoms with Crippen LogP contribution in [0.4, 0.5) is 16.3 Å². The zero-order valence-corrected chi connectivity index (χ0v) is 18.8. The number of ether oxygens (including phenoxy) is 1. The highest BCUT2D eigenvalue weighted by molar-refractivity contribution is 6.31. The van der Waals surface area contributed by atoms with Crippen LogP contribution in [0.2, 0.25) is 5.02 Å². The van der Waals surface area contributed by atoms with Crippen molar-refractivity contribution in [3.05, 3.63) is 106 Å². The first-order chi connectivity index (χ1) is 16.5. The predicted octanol–water partition coefficient (Wildman–Crippen LogP) is 5.39. The van der Waals surface area contributed by atoms with Crippen LogP contribution in [0, 0.1) is 5.82 Å². The molecule has 4 aromatic rings. The summed E-state index contributed by atoms with van der Waals surface area (Å²) in [6.45, 7) is 0. The lowest BCUT2D eigenvalue weighted by Gasteiger charge is -2.25. The van der Waals surface area contributed by atoms with Gasteiger partial charge in [-0.05, 0) is 48.0 Å². The average Bonchev–Trinajstić information content (AvgIpc) is 3.27. The summed E-state index contributed by atoms with van der Waals surface area (Å²) < 4.78 is 21.5. The van der Waals surface area contributed by atoms with Crippen molar-refractivity contribution in [3.63, 3.8) is 0 Å².